The summed E-state index contributed by atoms with van der Waals surface area (Å²) in [6.07, 6.45) is 3.37. The zero-order valence-corrected chi connectivity index (χ0v) is 22.4. The number of nitrogens with zero attached hydrogens (tertiary/aromatic N) is 2. The van der Waals surface area contributed by atoms with Crippen molar-refractivity contribution in [3.05, 3.63) is 102 Å². The molecule has 2 heterocycles. The summed E-state index contributed by atoms with van der Waals surface area (Å²) in [5, 5.41) is 0.512. The van der Waals surface area contributed by atoms with Gasteiger partial charge in [0.05, 0.1) is 35.1 Å². The normalized spacial score (nSPS) is 15.1. The van der Waals surface area contributed by atoms with Gasteiger partial charge < -0.3 is 14.2 Å². The molecule has 2 aromatic carbocycles. The summed E-state index contributed by atoms with van der Waals surface area (Å²) in [5.74, 6) is 0.763. The maximum atomic E-state index is 13.8. The molecular formula is C28H27ClN2O5S. The van der Waals surface area contributed by atoms with Crippen LogP contribution in [-0.4, -0.2) is 30.4 Å². The first-order valence-electron chi connectivity index (χ1n) is 11.8. The fraction of sp³-hybridized carbons (Fsp3) is 0.250. The summed E-state index contributed by atoms with van der Waals surface area (Å²) in [5.41, 5.74) is 1.93. The highest BCUT2D eigenvalue weighted by Gasteiger charge is 2.33. The molecule has 37 heavy (non-hydrogen) atoms. The van der Waals surface area contributed by atoms with E-state index in [0.717, 1.165) is 5.56 Å². The van der Waals surface area contributed by atoms with Crippen molar-refractivity contribution in [3.63, 3.8) is 0 Å². The number of ether oxygens (including phenoxy) is 3. The van der Waals surface area contributed by atoms with E-state index >= 15 is 0 Å². The zero-order valence-electron chi connectivity index (χ0n) is 20.8. The van der Waals surface area contributed by atoms with Crippen LogP contribution in [-0.2, 0) is 9.53 Å². The van der Waals surface area contributed by atoms with E-state index < -0.39 is 12.0 Å². The van der Waals surface area contributed by atoms with Gasteiger partial charge in [-0.25, -0.2) is 9.79 Å². The van der Waals surface area contributed by atoms with Crippen LogP contribution in [0.1, 0.15) is 37.9 Å². The Kier molecular flexibility index (Phi) is 8.31. The average molecular weight is 539 g/mol. The van der Waals surface area contributed by atoms with Crippen LogP contribution >= 0.6 is 22.9 Å². The quantitative estimate of drug-likeness (QED) is 0.298. The Hall–Kier alpha value is -3.62. The van der Waals surface area contributed by atoms with E-state index in [1.165, 1.54) is 11.3 Å². The van der Waals surface area contributed by atoms with E-state index in [9.17, 15) is 9.59 Å². The van der Waals surface area contributed by atoms with Crippen molar-refractivity contribution in [1.29, 1.82) is 0 Å². The summed E-state index contributed by atoms with van der Waals surface area (Å²) in [6.45, 7) is 10.1. The lowest BCUT2D eigenvalue weighted by Gasteiger charge is -2.24. The third kappa shape index (κ3) is 5.55. The van der Waals surface area contributed by atoms with Crippen LogP contribution in [0, 0.1) is 0 Å². The number of carbonyl (C=O) groups is 1. The summed E-state index contributed by atoms with van der Waals surface area (Å²) in [6, 6.07) is 11.8. The highest BCUT2D eigenvalue weighted by Crippen LogP contribution is 2.32. The molecule has 0 fully saturated rings. The van der Waals surface area contributed by atoms with E-state index in [4.69, 9.17) is 25.8 Å². The number of rotatable bonds is 9. The first-order chi connectivity index (χ1) is 17.9. The van der Waals surface area contributed by atoms with Gasteiger partial charge in [-0.2, -0.15) is 0 Å². The molecule has 1 aliphatic heterocycles. The molecule has 1 aromatic heterocycles. The average Bonchev–Trinajstić information content (AvgIpc) is 3.18. The Morgan fingerprint density at radius 3 is 2.59 bits per heavy atom. The Bertz CT molecular complexity index is 1540. The van der Waals surface area contributed by atoms with Crippen LogP contribution in [0.3, 0.4) is 0 Å². The minimum Gasteiger partial charge on any atom is -0.494 e. The predicted octanol–water partition coefficient (Wildman–Crippen LogP) is 4.42. The molecule has 0 radical (unpaired) electrons. The van der Waals surface area contributed by atoms with E-state index in [0.29, 0.717) is 55.9 Å². The largest absolute Gasteiger partial charge is 0.494 e. The Morgan fingerprint density at radius 1 is 1.16 bits per heavy atom. The lowest BCUT2D eigenvalue weighted by molar-refractivity contribution is -0.139. The molecule has 0 aliphatic carbocycles. The number of hydrogen-bond donors (Lipinski definition) is 0. The number of benzene rings is 2. The number of esters is 1. The number of aromatic nitrogens is 1. The molecule has 0 saturated heterocycles. The van der Waals surface area contributed by atoms with Crippen molar-refractivity contribution in [2.24, 2.45) is 4.99 Å². The van der Waals surface area contributed by atoms with Gasteiger partial charge in [0.2, 0.25) is 0 Å². The van der Waals surface area contributed by atoms with Crippen LogP contribution in [0.5, 0.6) is 11.5 Å². The van der Waals surface area contributed by atoms with Gasteiger partial charge in [0.15, 0.2) is 4.80 Å². The first kappa shape index (κ1) is 26.4. The van der Waals surface area contributed by atoms with Crippen molar-refractivity contribution < 1.29 is 19.0 Å². The van der Waals surface area contributed by atoms with Crippen LogP contribution in [0.25, 0.3) is 6.08 Å². The van der Waals surface area contributed by atoms with E-state index in [2.05, 4.69) is 11.6 Å². The minimum atomic E-state index is -0.705. The number of carbonyl (C=O) groups excluding carboxylic acids is 1. The molecule has 0 unspecified atom stereocenters. The van der Waals surface area contributed by atoms with Crippen LogP contribution in [0.2, 0.25) is 5.02 Å². The van der Waals surface area contributed by atoms with Crippen molar-refractivity contribution in [2.45, 2.75) is 26.8 Å². The number of halogens is 1. The summed E-state index contributed by atoms with van der Waals surface area (Å²) in [4.78, 5) is 31.9. The second-order valence-corrected chi connectivity index (χ2v) is 9.53. The lowest BCUT2D eigenvalue weighted by atomic mass is 9.96. The summed E-state index contributed by atoms with van der Waals surface area (Å²) in [7, 11) is 0. The molecular weight excluding hydrogens is 512 g/mol. The fourth-order valence-corrected chi connectivity index (χ4v) is 5.29. The lowest BCUT2D eigenvalue weighted by Crippen LogP contribution is -2.39. The molecule has 0 amide bonds. The van der Waals surface area contributed by atoms with Crippen molar-refractivity contribution >= 4 is 35.0 Å². The maximum absolute atomic E-state index is 13.8. The summed E-state index contributed by atoms with van der Waals surface area (Å²) >= 11 is 7.47. The Labute approximate surface area is 223 Å². The molecule has 7 nitrogen and oxygen atoms in total. The molecule has 1 aliphatic rings. The van der Waals surface area contributed by atoms with Crippen LogP contribution in [0.4, 0.5) is 0 Å². The molecule has 0 bridgehead atoms. The van der Waals surface area contributed by atoms with Gasteiger partial charge in [0.1, 0.15) is 18.1 Å². The van der Waals surface area contributed by atoms with Crippen molar-refractivity contribution in [3.8, 4) is 11.5 Å². The first-order valence-corrected chi connectivity index (χ1v) is 13.0. The van der Waals surface area contributed by atoms with Crippen molar-refractivity contribution in [1.82, 2.24) is 4.57 Å². The second-order valence-electron chi connectivity index (χ2n) is 8.09. The van der Waals surface area contributed by atoms with Gasteiger partial charge in [0, 0.05) is 10.6 Å². The zero-order chi connectivity index (χ0) is 26.5. The molecule has 3 aromatic rings. The second kappa shape index (κ2) is 11.6. The molecule has 0 spiro atoms. The molecule has 4 rings (SSSR count). The third-order valence-corrected chi connectivity index (χ3v) is 6.86. The number of thiazole rings is 1. The summed E-state index contributed by atoms with van der Waals surface area (Å²) < 4.78 is 18.6. The topological polar surface area (TPSA) is 79.1 Å². The van der Waals surface area contributed by atoms with E-state index in [-0.39, 0.29) is 12.2 Å². The molecule has 0 N–H and O–H groups in total. The monoisotopic (exact) mass is 538 g/mol. The fourth-order valence-electron chi connectivity index (χ4n) is 4.07. The van der Waals surface area contributed by atoms with Gasteiger partial charge in [0.25, 0.3) is 5.56 Å². The highest BCUT2D eigenvalue weighted by atomic mass is 35.5. The maximum Gasteiger partial charge on any atom is 0.338 e. The third-order valence-electron chi connectivity index (χ3n) is 5.64. The van der Waals surface area contributed by atoms with Crippen LogP contribution in [0.15, 0.2) is 76.2 Å². The van der Waals surface area contributed by atoms with Gasteiger partial charge in [-0.1, -0.05) is 47.7 Å². The SMILES string of the molecule is C=CCOc1ccc(Cl)cc1/C=c1\sc2n(c1=O)[C@@H](c1ccc(OCC)cc1)C(C(=O)OCC)=C(C)N=2. The number of allylic oxidation sites excluding steroid dienone is 1. The predicted molar refractivity (Wildman–Crippen MR) is 145 cm³/mol. The molecule has 1 atom stereocenters. The Balaban J connectivity index is 1.91. The van der Waals surface area contributed by atoms with Crippen molar-refractivity contribution in [2.75, 3.05) is 19.8 Å². The smallest absolute Gasteiger partial charge is 0.338 e. The van der Waals surface area contributed by atoms with Gasteiger partial charge in [-0.3, -0.25) is 9.36 Å². The van der Waals surface area contributed by atoms with E-state index in [1.807, 2.05) is 31.2 Å². The molecule has 9 heteroatoms. The van der Waals surface area contributed by atoms with E-state index in [1.54, 1.807) is 48.8 Å². The van der Waals surface area contributed by atoms with Gasteiger partial charge in [-0.15, -0.1) is 0 Å². The highest BCUT2D eigenvalue weighted by molar-refractivity contribution is 7.07. The number of hydrogen-bond acceptors (Lipinski definition) is 7. The molecule has 0 saturated carbocycles. The van der Waals surface area contributed by atoms with Crippen LogP contribution < -0.4 is 24.4 Å². The molecule has 192 valence electrons. The standard InChI is InChI=1S/C28H27ClN2O5S/c1-5-14-36-22-13-10-20(29)15-19(22)16-23-26(32)31-25(18-8-11-21(12-9-18)34-6-2)24(27(33)35-7-3)17(4)30-28(31)37-23/h5,8-13,15-16,25H,1,6-7,14H2,2-4H3/b23-16-/t25-/m0/s1. The number of fused-ring (bicyclic) bond motifs is 1. The van der Waals surface area contributed by atoms with Gasteiger partial charge in [-0.05, 0) is 62.7 Å². The minimum absolute atomic E-state index is 0.207. The van der Waals surface area contributed by atoms with Gasteiger partial charge >= 0.3 is 5.97 Å². The Morgan fingerprint density at radius 2 is 1.92 bits per heavy atom.